The molecule has 3 aromatic rings. The number of nitrogens with one attached hydrogen (secondary N) is 2. The van der Waals surface area contributed by atoms with E-state index in [4.69, 9.17) is 0 Å². The predicted molar refractivity (Wildman–Crippen MR) is 116 cm³/mol. The summed E-state index contributed by atoms with van der Waals surface area (Å²) in [6.45, 7) is 4.93. The molecule has 156 valence electrons. The molecule has 0 amide bonds. The van der Waals surface area contributed by atoms with Gasteiger partial charge in [0.15, 0.2) is 11.0 Å². The second-order valence-corrected chi connectivity index (χ2v) is 8.37. The van der Waals surface area contributed by atoms with E-state index >= 15 is 0 Å². The Balaban J connectivity index is 1.54. The average molecular weight is 425 g/mol. The molecule has 2 aromatic heterocycles. The zero-order chi connectivity index (χ0) is 21.1. The van der Waals surface area contributed by atoms with Crippen molar-refractivity contribution in [1.29, 1.82) is 0 Å². The van der Waals surface area contributed by atoms with E-state index in [-0.39, 0.29) is 11.9 Å². The minimum Gasteiger partial charge on any atom is -0.389 e. The smallest absolute Gasteiger partial charge is 0.196 e. The summed E-state index contributed by atoms with van der Waals surface area (Å²) in [5.74, 6) is 2.31. The summed E-state index contributed by atoms with van der Waals surface area (Å²) in [4.78, 5) is 23.9. The van der Waals surface area contributed by atoms with E-state index in [0.29, 0.717) is 42.7 Å². The van der Waals surface area contributed by atoms with Crippen molar-refractivity contribution in [1.82, 2.24) is 20.2 Å². The van der Waals surface area contributed by atoms with Crippen LogP contribution in [0.2, 0.25) is 0 Å². The van der Waals surface area contributed by atoms with Crippen molar-refractivity contribution in [2.75, 3.05) is 23.3 Å². The van der Waals surface area contributed by atoms with Gasteiger partial charge in [0.05, 0.1) is 6.10 Å². The molecule has 4 rings (SSSR count). The number of H-pyrrole nitrogens is 1. The monoisotopic (exact) mass is 424 g/mol. The van der Waals surface area contributed by atoms with Crippen molar-refractivity contribution in [2.45, 2.75) is 42.8 Å². The number of Topliss-reactive ketones (excluding diaryl/α,β-unsaturated/α-hetero) is 1. The number of aliphatic hydroxyl groups excluding tert-OH is 1. The molecule has 1 aliphatic heterocycles. The lowest BCUT2D eigenvalue weighted by Gasteiger charge is -2.37. The first kappa shape index (κ1) is 20.4. The number of rotatable bonds is 8. The highest BCUT2D eigenvalue weighted by atomic mass is 32.2. The van der Waals surface area contributed by atoms with Crippen molar-refractivity contribution in [3.8, 4) is 0 Å². The summed E-state index contributed by atoms with van der Waals surface area (Å²) < 4.78 is 0. The fourth-order valence-electron chi connectivity index (χ4n) is 3.07. The molecule has 3 heterocycles. The molecule has 0 saturated carbocycles. The third-order valence-corrected chi connectivity index (χ3v) is 5.64. The van der Waals surface area contributed by atoms with Gasteiger partial charge in [-0.1, -0.05) is 19.1 Å². The topological polar surface area (TPSA) is 107 Å². The Morgan fingerprint density at radius 2 is 2.00 bits per heavy atom. The van der Waals surface area contributed by atoms with Crippen LogP contribution in [0.3, 0.4) is 0 Å². The van der Waals surface area contributed by atoms with Gasteiger partial charge in [0.25, 0.3) is 0 Å². The second-order valence-electron chi connectivity index (χ2n) is 7.33. The van der Waals surface area contributed by atoms with Gasteiger partial charge in [-0.25, -0.2) is 9.97 Å². The van der Waals surface area contributed by atoms with Crippen molar-refractivity contribution < 1.29 is 9.90 Å². The van der Waals surface area contributed by atoms with Gasteiger partial charge in [-0.2, -0.15) is 5.10 Å². The quantitative estimate of drug-likeness (QED) is 0.474. The Labute approximate surface area is 179 Å². The highest BCUT2D eigenvalue weighted by Gasteiger charge is 2.26. The van der Waals surface area contributed by atoms with Crippen molar-refractivity contribution >= 4 is 35.0 Å². The van der Waals surface area contributed by atoms with Crippen LogP contribution in [0.25, 0.3) is 0 Å². The number of β-amino-alcohol motifs (C(OH)–C–C–N with tert-alkyl or cyclic N) is 1. The van der Waals surface area contributed by atoms with Gasteiger partial charge in [0, 0.05) is 48.7 Å². The second kappa shape index (κ2) is 8.85. The summed E-state index contributed by atoms with van der Waals surface area (Å²) in [7, 11) is 0. The van der Waals surface area contributed by atoms with E-state index in [0.717, 1.165) is 22.0 Å². The van der Waals surface area contributed by atoms with E-state index in [9.17, 15) is 9.90 Å². The summed E-state index contributed by atoms with van der Waals surface area (Å²) in [5, 5.41) is 20.6. The molecule has 0 bridgehead atoms. The Hall–Kier alpha value is -2.91. The minimum atomic E-state index is -0.320. The number of hydrogen-bond donors (Lipinski definition) is 3. The third kappa shape index (κ3) is 4.98. The van der Waals surface area contributed by atoms with Crippen molar-refractivity contribution in [3.05, 3.63) is 47.7 Å². The number of aliphatic hydroxyl groups is 1. The standard InChI is InChI=1S/C21H24N6O2S/c1-3-15(28)9-14-4-6-17(7-5-14)30-21-23-18(22-19-8-13(2)25-26-19)10-20(24-21)27-11-16(29)12-27/h4-8,10,16,29H,3,9,11-12H2,1-2H3,(H2,22,23,24,25,26). The van der Waals surface area contributed by atoms with Crippen LogP contribution < -0.4 is 10.2 Å². The summed E-state index contributed by atoms with van der Waals surface area (Å²) in [6.07, 6.45) is 0.690. The third-order valence-electron chi connectivity index (χ3n) is 4.77. The molecule has 9 heteroatoms. The van der Waals surface area contributed by atoms with E-state index < -0.39 is 0 Å². The fraction of sp³-hybridized carbons (Fsp3) is 0.333. The number of anilines is 3. The zero-order valence-electron chi connectivity index (χ0n) is 16.9. The maximum atomic E-state index is 11.6. The summed E-state index contributed by atoms with van der Waals surface area (Å²) >= 11 is 1.45. The van der Waals surface area contributed by atoms with Crippen LogP contribution in [0.5, 0.6) is 0 Å². The number of ketones is 1. The average Bonchev–Trinajstić information content (AvgIpc) is 3.11. The Kier molecular flexibility index (Phi) is 6.01. The molecule has 0 unspecified atom stereocenters. The predicted octanol–water partition coefficient (Wildman–Crippen LogP) is 3.11. The van der Waals surface area contributed by atoms with Crippen LogP contribution in [0.1, 0.15) is 24.6 Å². The van der Waals surface area contributed by atoms with E-state index in [1.165, 1.54) is 11.8 Å². The SMILES string of the molecule is CCC(=O)Cc1ccc(Sc2nc(Nc3cc(C)[nH]n3)cc(N3CC(O)C3)n2)cc1. The minimum absolute atomic E-state index is 0.229. The molecule has 30 heavy (non-hydrogen) atoms. The number of hydrogen-bond acceptors (Lipinski definition) is 8. The highest BCUT2D eigenvalue weighted by molar-refractivity contribution is 7.99. The molecule has 3 N–H and O–H groups in total. The van der Waals surface area contributed by atoms with Gasteiger partial charge < -0.3 is 15.3 Å². The van der Waals surface area contributed by atoms with Gasteiger partial charge >= 0.3 is 0 Å². The molecule has 1 aliphatic rings. The van der Waals surface area contributed by atoms with E-state index in [1.807, 2.05) is 55.1 Å². The number of aromatic nitrogens is 4. The largest absolute Gasteiger partial charge is 0.389 e. The molecule has 0 aliphatic carbocycles. The normalized spacial score (nSPS) is 13.9. The molecule has 1 saturated heterocycles. The van der Waals surface area contributed by atoms with Crippen LogP contribution in [0, 0.1) is 6.92 Å². The lowest BCUT2D eigenvalue weighted by Crippen LogP contribution is -2.51. The van der Waals surface area contributed by atoms with Gasteiger partial charge in [-0.15, -0.1) is 0 Å². The Morgan fingerprint density at radius 3 is 2.63 bits per heavy atom. The summed E-state index contributed by atoms with van der Waals surface area (Å²) in [6, 6.07) is 11.7. The maximum Gasteiger partial charge on any atom is 0.196 e. The number of aryl methyl sites for hydroxylation is 1. The Bertz CT molecular complexity index is 1030. The first-order chi connectivity index (χ1) is 14.5. The molecule has 8 nitrogen and oxygen atoms in total. The lowest BCUT2D eigenvalue weighted by atomic mass is 10.1. The summed E-state index contributed by atoms with van der Waals surface area (Å²) in [5.41, 5.74) is 1.96. The number of nitrogens with zero attached hydrogens (tertiary/aromatic N) is 4. The molecular formula is C21H24N6O2S. The van der Waals surface area contributed by atoms with E-state index in [1.54, 1.807) is 0 Å². The van der Waals surface area contributed by atoms with Gasteiger partial charge in [0.1, 0.15) is 17.4 Å². The van der Waals surface area contributed by atoms with E-state index in [2.05, 4.69) is 25.5 Å². The molecule has 0 radical (unpaired) electrons. The van der Waals surface area contributed by atoms with Crippen molar-refractivity contribution in [3.63, 3.8) is 0 Å². The lowest BCUT2D eigenvalue weighted by molar-refractivity contribution is -0.118. The molecular weight excluding hydrogens is 400 g/mol. The van der Waals surface area contributed by atoms with Gasteiger partial charge in [-0.3, -0.25) is 9.89 Å². The highest BCUT2D eigenvalue weighted by Crippen LogP contribution is 2.30. The van der Waals surface area contributed by atoms with Crippen LogP contribution in [0.4, 0.5) is 17.5 Å². The van der Waals surface area contributed by atoms with Crippen LogP contribution in [-0.2, 0) is 11.2 Å². The zero-order valence-corrected chi connectivity index (χ0v) is 17.7. The first-order valence-electron chi connectivity index (χ1n) is 9.88. The van der Waals surface area contributed by atoms with Crippen LogP contribution >= 0.6 is 11.8 Å². The number of carbonyl (C=O) groups is 1. The molecule has 0 spiro atoms. The molecule has 0 atom stereocenters. The Morgan fingerprint density at radius 1 is 1.23 bits per heavy atom. The first-order valence-corrected chi connectivity index (χ1v) is 10.7. The van der Waals surface area contributed by atoms with Gasteiger partial charge in [0.2, 0.25) is 0 Å². The number of carbonyl (C=O) groups excluding carboxylic acids is 1. The van der Waals surface area contributed by atoms with Crippen LogP contribution in [-0.4, -0.2) is 50.2 Å². The molecule has 1 fully saturated rings. The maximum absolute atomic E-state index is 11.6. The van der Waals surface area contributed by atoms with Crippen molar-refractivity contribution in [2.24, 2.45) is 0 Å². The number of benzene rings is 1. The van der Waals surface area contributed by atoms with Crippen LogP contribution in [0.15, 0.2) is 46.5 Å². The van der Waals surface area contributed by atoms with Gasteiger partial charge in [-0.05, 0) is 36.4 Å². The molecule has 1 aromatic carbocycles. The fourth-order valence-corrected chi connectivity index (χ4v) is 3.84. The number of aromatic amines is 1.